The minimum Gasteiger partial charge on any atom is -0.443 e. The van der Waals surface area contributed by atoms with E-state index >= 15 is 0 Å². The summed E-state index contributed by atoms with van der Waals surface area (Å²) in [6.45, 7) is 7.96. The van der Waals surface area contributed by atoms with Gasteiger partial charge in [0.05, 0.1) is 11.6 Å². The number of H-pyrrole nitrogens is 1. The number of benzene rings is 1. The maximum absolute atomic E-state index is 14.3. The molecule has 206 valence electrons. The third-order valence-corrected chi connectivity index (χ3v) is 6.64. The van der Waals surface area contributed by atoms with E-state index in [0.717, 1.165) is 17.9 Å². The number of aromatic nitrogens is 2. The fourth-order valence-corrected chi connectivity index (χ4v) is 4.82. The van der Waals surface area contributed by atoms with Gasteiger partial charge in [0.1, 0.15) is 16.9 Å². The Hall–Kier alpha value is -3.92. The van der Waals surface area contributed by atoms with Crippen LogP contribution in [-0.2, 0) is 4.74 Å². The maximum atomic E-state index is 14.3. The number of rotatable bonds is 5. The molecule has 4 rings (SSSR count). The monoisotopic (exact) mass is 553 g/mol. The summed E-state index contributed by atoms with van der Waals surface area (Å²) in [6.07, 6.45) is 4.30. The lowest BCUT2D eigenvalue weighted by molar-refractivity contribution is 0.0206. The number of nitrogens with one attached hydrogen (secondary N) is 2. The lowest BCUT2D eigenvalue weighted by atomic mass is 10.0. The number of carbonyl (C=O) groups is 3. The van der Waals surface area contributed by atoms with Crippen LogP contribution < -0.4 is 10.9 Å². The Labute approximate surface area is 231 Å². The van der Waals surface area contributed by atoms with Crippen molar-refractivity contribution in [1.82, 2.24) is 25.3 Å². The van der Waals surface area contributed by atoms with Gasteiger partial charge in [-0.25, -0.2) is 15.2 Å². The molecule has 3 amide bonds. The second-order valence-corrected chi connectivity index (χ2v) is 10.8. The van der Waals surface area contributed by atoms with Crippen LogP contribution in [-0.4, -0.2) is 56.5 Å². The molecule has 2 N–H and O–H groups in total. The van der Waals surface area contributed by atoms with Gasteiger partial charge in [-0.05, 0) is 75.9 Å². The first-order valence-corrected chi connectivity index (χ1v) is 13.3. The van der Waals surface area contributed by atoms with Gasteiger partial charge in [-0.15, -0.1) is 0 Å². The minimum absolute atomic E-state index is 0.151. The number of amides is 3. The van der Waals surface area contributed by atoms with Crippen molar-refractivity contribution in [1.29, 1.82) is 0 Å². The summed E-state index contributed by atoms with van der Waals surface area (Å²) in [7, 11) is 0. The van der Waals surface area contributed by atoms with Gasteiger partial charge in [0.25, 0.3) is 11.8 Å². The Kier molecular flexibility index (Phi) is 8.25. The summed E-state index contributed by atoms with van der Waals surface area (Å²) in [5.74, 6) is -1.31. The Balaban J connectivity index is 1.89. The quantitative estimate of drug-likeness (QED) is 0.435. The number of hydrazine groups is 1. The number of fused-ring (bicyclic) bond motifs is 1. The summed E-state index contributed by atoms with van der Waals surface area (Å²) in [4.78, 5) is 63.3. The van der Waals surface area contributed by atoms with E-state index in [4.69, 9.17) is 16.3 Å². The molecule has 1 atom stereocenters. The summed E-state index contributed by atoms with van der Waals surface area (Å²) >= 11 is 6.16. The van der Waals surface area contributed by atoms with Crippen molar-refractivity contribution in [2.45, 2.75) is 58.6 Å². The lowest BCUT2D eigenvalue weighted by Crippen LogP contribution is -2.51. The van der Waals surface area contributed by atoms with Crippen LogP contribution in [0.5, 0.6) is 0 Å². The number of pyridine rings is 2. The molecule has 0 aliphatic carbocycles. The predicted octanol–water partition coefficient (Wildman–Crippen LogP) is 4.85. The Morgan fingerprint density at radius 1 is 1.15 bits per heavy atom. The van der Waals surface area contributed by atoms with Crippen LogP contribution in [0.3, 0.4) is 0 Å². The van der Waals surface area contributed by atoms with Gasteiger partial charge in [-0.2, -0.15) is 0 Å². The molecule has 2 aromatic heterocycles. The third-order valence-electron chi connectivity index (χ3n) is 6.40. The van der Waals surface area contributed by atoms with E-state index in [2.05, 4.69) is 15.4 Å². The van der Waals surface area contributed by atoms with Gasteiger partial charge in [0.15, 0.2) is 0 Å². The molecular formula is C28H32ClN5O5. The number of hydrogen-bond donors (Lipinski definition) is 2. The fraction of sp³-hybridized carbons (Fsp3) is 0.393. The van der Waals surface area contributed by atoms with Gasteiger partial charge in [0.2, 0.25) is 5.43 Å². The molecule has 0 saturated carbocycles. The number of carbonyl (C=O) groups excluding carboxylic acids is 3. The number of nitrogens with zero attached hydrogens (tertiary/aromatic N) is 3. The van der Waals surface area contributed by atoms with Crippen LogP contribution in [0.2, 0.25) is 5.02 Å². The average molecular weight is 554 g/mol. The van der Waals surface area contributed by atoms with Crippen LogP contribution in [0.15, 0.2) is 47.5 Å². The van der Waals surface area contributed by atoms with E-state index < -0.39 is 35.0 Å². The minimum atomic E-state index is -0.875. The Bertz CT molecular complexity index is 1440. The van der Waals surface area contributed by atoms with E-state index in [1.807, 2.05) is 6.92 Å². The standard InChI is InChI=1S/C28H32ClN5O5/c1-5-21(17-10-12-30-13-11-17)34(32-27(38)39-28(2,3)4)25(36)22-23(26(37)33-14-6-7-15-33)31-20-16-18(29)8-9-19(20)24(22)35/h8-13,16,21H,5-7,14-15H2,1-4H3,(H,31,35)(H,32,38). The van der Waals surface area contributed by atoms with E-state index in [1.54, 1.807) is 50.2 Å². The molecule has 0 spiro atoms. The molecule has 1 saturated heterocycles. The van der Waals surface area contributed by atoms with Crippen LogP contribution in [0, 0.1) is 0 Å². The molecule has 3 aromatic rings. The SMILES string of the molecule is CCC(c1ccncc1)N(NC(=O)OC(C)(C)C)C(=O)c1c(C(=O)N2CCCC2)[nH]c2cc(Cl)ccc2c1=O. The molecule has 1 fully saturated rings. The van der Waals surface area contributed by atoms with Crippen molar-refractivity contribution >= 4 is 40.4 Å². The smallest absolute Gasteiger partial charge is 0.426 e. The second-order valence-electron chi connectivity index (χ2n) is 10.4. The highest BCUT2D eigenvalue weighted by Crippen LogP contribution is 2.26. The van der Waals surface area contributed by atoms with E-state index in [9.17, 15) is 19.2 Å². The molecule has 1 aromatic carbocycles. The zero-order valence-corrected chi connectivity index (χ0v) is 23.2. The highest BCUT2D eigenvalue weighted by Gasteiger charge is 2.35. The summed E-state index contributed by atoms with van der Waals surface area (Å²) in [5.41, 5.74) is 1.55. The normalized spacial score (nSPS) is 14.2. The van der Waals surface area contributed by atoms with Crippen molar-refractivity contribution in [3.63, 3.8) is 0 Å². The van der Waals surface area contributed by atoms with Crippen LogP contribution in [0.1, 0.15) is 79.4 Å². The molecule has 0 radical (unpaired) electrons. The number of hydrogen-bond acceptors (Lipinski definition) is 6. The van der Waals surface area contributed by atoms with Crippen molar-refractivity contribution < 1.29 is 19.1 Å². The fourth-order valence-electron chi connectivity index (χ4n) is 4.65. The number of aromatic amines is 1. The summed E-state index contributed by atoms with van der Waals surface area (Å²) in [6, 6.07) is 7.32. The van der Waals surface area contributed by atoms with E-state index in [-0.39, 0.29) is 16.6 Å². The predicted molar refractivity (Wildman–Crippen MR) is 148 cm³/mol. The molecule has 1 unspecified atom stereocenters. The van der Waals surface area contributed by atoms with Crippen molar-refractivity contribution in [2.24, 2.45) is 0 Å². The van der Waals surface area contributed by atoms with Crippen LogP contribution in [0.4, 0.5) is 4.79 Å². The van der Waals surface area contributed by atoms with Crippen molar-refractivity contribution in [2.75, 3.05) is 13.1 Å². The average Bonchev–Trinajstić information content (AvgIpc) is 3.42. The first kappa shape index (κ1) is 28.1. The number of halogens is 1. The van der Waals surface area contributed by atoms with Crippen LogP contribution in [0.25, 0.3) is 10.9 Å². The van der Waals surface area contributed by atoms with E-state index in [0.29, 0.717) is 35.6 Å². The van der Waals surface area contributed by atoms with Crippen LogP contribution >= 0.6 is 11.6 Å². The highest BCUT2D eigenvalue weighted by molar-refractivity contribution is 6.31. The first-order chi connectivity index (χ1) is 18.5. The van der Waals surface area contributed by atoms with E-state index in [1.165, 1.54) is 18.2 Å². The molecule has 39 heavy (non-hydrogen) atoms. The van der Waals surface area contributed by atoms with Gasteiger partial charge in [-0.3, -0.25) is 19.4 Å². The molecular weight excluding hydrogens is 522 g/mol. The van der Waals surface area contributed by atoms with Crippen molar-refractivity contribution in [3.05, 3.63) is 74.8 Å². The topological polar surface area (TPSA) is 125 Å². The Morgan fingerprint density at radius 3 is 2.44 bits per heavy atom. The van der Waals surface area contributed by atoms with Gasteiger partial charge < -0.3 is 14.6 Å². The molecule has 1 aliphatic heterocycles. The molecule has 3 heterocycles. The van der Waals surface area contributed by atoms with Gasteiger partial charge >= 0.3 is 6.09 Å². The highest BCUT2D eigenvalue weighted by atomic mass is 35.5. The zero-order chi connectivity index (χ0) is 28.3. The largest absolute Gasteiger partial charge is 0.443 e. The maximum Gasteiger partial charge on any atom is 0.426 e. The van der Waals surface area contributed by atoms with Gasteiger partial charge in [-0.1, -0.05) is 18.5 Å². The molecule has 10 nitrogen and oxygen atoms in total. The van der Waals surface area contributed by atoms with Crippen molar-refractivity contribution in [3.8, 4) is 0 Å². The van der Waals surface area contributed by atoms with Gasteiger partial charge in [0, 0.05) is 35.9 Å². The second kappa shape index (κ2) is 11.4. The molecule has 11 heteroatoms. The third kappa shape index (κ3) is 6.22. The molecule has 0 bridgehead atoms. The summed E-state index contributed by atoms with van der Waals surface area (Å²) < 4.78 is 5.43. The number of ether oxygens (including phenoxy) is 1. The zero-order valence-electron chi connectivity index (χ0n) is 22.4. The first-order valence-electron chi connectivity index (χ1n) is 12.9. The Morgan fingerprint density at radius 2 is 1.82 bits per heavy atom. The molecule has 1 aliphatic rings. The summed E-state index contributed by atoms with van der Waals surface area (Å²) in [5, 5.41) is 1.62. The number of likely N-dealkylation sites (tertiary alicyclic amines) is 1. The lowest BCUT2D eigenvalue weighted by Gasteiger charge is -2.33.